The number of nitrogens with zero attached hydrogens (tertiary/aromatic N) is 9. The second-order valence-corrected chi connectivity index (χ2v) is 18.5. The number of piperazine rings is 1. The number of aromatic nitrogens is 6. The van der Waals surface area contributed by atoms with Crippen LogP contribution in [0.2, 0.25) is 0 Å². The molecule has 4 aromatic heterocycles. The van der Waals surface area contributed by atoms with E-state index in [1.807, 2.05) is 65.1 Å². The van der Waals surface area contributed by atoms with Crippen LogP contribution in [-0.4, -0.2) is 105 Å². The summed E-state index contributed by atoms with van der Waals surface area (Å²) in [6, 6.07) is 20.3. The Hall–Kier alpha value is -6.68. The summed E-state index contributed by atoms with van der Waals surface area (Å²) in [5.74, 6) is 1.44. The molecule has 0 saturated carbocycles. The van der Waals surface area contributed by atoms with Gasteiger partial charge in [0.15, 0.2) is 5.82 Å². The lowest BCUT2D eigenvalue weighted by molar-refractivity contribution is -0.120. The molecule has 2 atom stereocenters. The van der Waals surface area contributed by atoms with Crippen LogP contribution >= 0.6 is 0 Å². The van der Waals surface area contributed by atoms with Gasteiger partial charge in [-0.05, 0) is 99.2 Å². The van der Waals surface area contributed by atoms with Crippen molar-refractivity contribution in [3.63, 3.8) is 0 Å². The third-order valence-corrected chi connectivity index (χ3v) is 12.9. The fraction of sp³-hybridized carbons (Fsp3) is 0.417. The number of carbonyl (C=O) groups excluding carboxylic acids is 3. The maximum Gasteiger partial charge on any atom is 0.328 e. The van der Waals surface area contributed by atoms with Crippen LogP contribution < -0.4 is 25.3 Å². The quantitative estimate of drug-likeness (QED) is 0.128. The van der Waals surface area contributed by atoms with E-state index in [9.17, 15) is 14.4 Å². The first-order valence-corrected chi connectivity index (χ1v) is 22.3. The molecule has 0 bridgehead atoms. The molecule has 0 aliphatic carbocycles. The van der Waals surface area contributed by atoms with Gasteiger partial charge in [-0.2, -0.15) is 4.98 Å². The van der Waals surface area contributed by atoms with E-state index in [1.54, 1.807) is 11.2 Å². The number of benzene rings is 2. The number of fused-ring (bicyclic) bond motifs is 1. The highest BCUT2D eigenvalue weighted by Crippen LogP contribution is 2.33. The standard InChI is InChI=1S/C48H56N12O4/c1-29-23-33(7-13-37(29)31(3)52-44(62)45-55-46(56-64-45)48(4,5)6)42-38-24-39(53-43(38)51-28-50-42)34-8-14-40(49-25-34)59-22-21-57(26-30(59)2)27-32-15-18-58(19-16-32)35-9-11-36(12-10-35)60-20-17-41(61)54-47(60)63/h7-14,23-25,28,30-32H,15-22,26-27H2,1-6H3,(H,52,62)(H,50,51,53)(H,54,61,63)/t30-,31?/m1/s1. The van der Waals surface area contributed by atoms with Gasteiger partial charge < -0.3 is 24.6 Å². The average Bonchev–Trinajstić information content (AvgIpc) is 3.97. The van der Waals surface area contributed by atoms with E-state index < -0.39 is 5.91 Å². The van der Waals surface area contributed by atoms with Crippen molar-refractivity contribution in [2.24, 2.45) is 5.92 Å². The Labute approximate surface area is 372 Å². The van der Waals surface area contributed by atoms with Gasteiger partial charge in [-0.3, -0.25) is 24.7 Å². The number of imide groups is 1. The first kappa shape index (κ1) is 42.6. The van der Waals surface area contributed by atoms with Gasteiger partial charge in [0.2, 0.25) is 5.91 Å². The second-order valence-electron chi connectivity index (χ2n) is 18.5. The number of aromatic amines is 1. The summed E-state index contributed by atoms with van der Waals surface area (Å²) in [4.78, 5) is 67.9. The molecule has 4 amide bonds. The molecular formula is C48H56N12O4. The number of amides is 4. The number of rotatable bonds is 10. The summed E-state index contributed by atoms with van der Waals surface area (Å²) in [5.41, 5.74) is 8.05. The van der Waals surface area contributed by atoms with Crippen LogP contribution in [-0.2, 0) is 10.2 Å². The minimum absolute atomic E-state index is 0.0503. The first-order chi connectivity index (χ1) is 30.8. The van der Waals surface area contributed by atoms with Crippen molar-refractivity contribution in [2.45, 2.75) is 78.3 Å². The summed E-state index contributed by atoms with van der Waals surface area (Å²) in [6.45, 7) is 18.6. The van der Waals surface area contributed by atoms with Crippen LogP contribution in [0.1, 0.15) is 87.6 Å². The molecule has 7 heterocycles. The van der Waals surface area contributed by atoms with Gasteiger partial charge >= 0.3 is 17.8 Å². The Morgan fingerprint density at radius 2 is 1.69 bits per heavy atom. The van der Waals surface area contributed by atoms with Gasteiger partial charge in [0.05, 0.1) is 11.7 Å². The highest BCUT2D eigenvalue weighted by atomic mass is 16.5. The maximum atomic E-state index is 13.0. The van der Waals surface area contributed by atoms with Crippen LogP contribution in [0.25, 0.3) is 33.5 Å². The summed E-state index contributed by atoms with van der Waals surface area (Å²) in [5, 5.41) is 10.3. The molecule has 2 aromatic carbocycles. The molecule has 3 N–H and O–H groups in total. The van der Waals surface area contributed by atoms with Gasteiger partial charge in [-0.1, -0.05) is 38.1 Å². The Kier molecular flexibility index (Phi) is 11.6. The number of piperidine rings is 1. The van der Waals surface area contributed by atoms with E-state index in [2.05, 4.69) is 88.8 Å². The molecule has 16 heteroatoms. The number of carbonyl (C=O) groups is 3. The average molecular weight is 865 g/mol. The van der Waals surface area contributed by atoms with Gasteiger partial charge in [-0.25, -0.2) is 19.7 Å². The zero-order valence-electron chi connectivity index (χ0n) is 37.4. The number of hydrogen-bond donors (Lipinski definition) is 3. The zero-order chi connectivity index (χ0) is 44.7. The van der Waals surface area contributed by atoms with Crippen LogP contribution in [0.15, 0.2) is 77.7 Å². The molecule has 3 aliphatic heterocycles. The molecule has 0 spiro atoms. The lowest BCUT2D eigenvalue weighted by Gasteiger charge is -2.43. The van der Waals surface area contributed by atoms with Gasteiger partial charge in [0, 0.05) is 103 Å². The van der Waals surface area contributed by atoms with Crippen LogP contribution in [0, 0.1) is 12.8 Å². The van der Waals surface area contributed by atoms with Gasteiger partial charge in [0.1, 0.15) is 17.8 Å². The van der Waals surface area contributed by atoms with Crippen LogP contribution in [0.3, 0.4) is 0 Å². The third-order valence-electron chi connectivity index (χ3n) is 12.9. The number of H-pyrrole nitrogens is 1. The normalized spacial score (nSPS) is 18.4. The third kappa shape index (κ3) is 8.91. The van der Waals surface area contributed by atoms with Gasteiger partial charge in [-0.15, -0.1) is 0 Å². The highest BCUT2D eigenvalue weighted by Gasteiger charge is 2.30. The monoisotopic (exact) mass is 864 g/mol. The van der Waals surface area contributed by atoms with E-state index in [4.69, 9.17) is 14.5 Å². The number of anilines is 3. The smallest absolute Gasteiger partial charge is 0.328 e. The fourth-order valence-corrected chi connectivity index (χ4v) is 9.24. The minimum Gasteiger partial charge on any atom is -0.372 e. The Balaban J connectivity index is 0.782. The lowest BCUT2D eigenvalue weighted by Crippen LogP contribution is -2.53. The van der Waals surface area contributed by atoms with Crippen molar-refractivity contribution in [1.29, 1.82) is 0 Å². The number of nitrogens with one attached hydrogen (secondary N) is 3. The molecule has 3 fully saturated rings. The molecule has 3 aliphatic rings. The zero-order valence-corrected chi connectivity index (χ0v) is 37.4. The summed E-state index contributed by atoms with van der Waals surface area (Å²) in [7, 11) is 0. The predicted octanol–water partition coefficient (Wildman–Crippen LogP) is 7.04. The summed E-state index contributed by atoms with van der Waals surface area (Å²) < 4.78 is 5.25. The molecule has 0 radical (unpaired) electrons. The molecule has 9 rings (SSSR count). The largest absolute Gasteiger partial charge is 0.372 e. The maximum absolute atomic E-state index is 13.0. The Morgan fingerprint density at radius 1 is 0.922 bits per heavy atom. The number of urea groups is 1. The SMILES string of the molecule is Cc1cc(-c2ncnc3[nH]c(-c4ccc(N5CCN(CC6CCN(c7ccc(N8CCC(=O)NC8=O)cc7)CC6)C[C@H]5C)nc4)cc23)ccc1C(C)NC(=O)c1nc(C(C)(C)C)no1. The topological polar surface area (TPSA) is 182 Å². The van der Waals surface area contributed by atoms with Crippen molar-refractivity contribution in [1.82, 2.24) is 45.6 Å². The number of pyridine rings is 1. The number of hydrogen-bond acceptors (Lipinski definition) is 12. The van der Waals surface area contributed by atoms with E-state index >= 15 is 0 Å². The van der Waals surface area contributed by atoms with Crippen molar-refractivity contribution < 1.29 is 18.9 Å². The Bertz CT molecular complexity index is 2660. The summed E-state index contributed by atoms with van der Waals surface area (Å²) >= 11 is 0. The minimum atomic E-state index is -0.412. The molecule has 1 unspecified atom stereocenters. The summed E-state index contributed by atoms with van der Waals surface area (Å²) in [6.07, 6.45) is 6.13. The molecule has 3 saturated heterocycles. The van der Waals surface area contributed by atoms with E-state index in [0.717, 1.165) is 108 Å². The molecule has 16 nitrogen and oxygen atoms in total. The van der Waals surface area contributed by atoms with E-state index in [-0.39, 0.29) is 29.3 Å². The van der Waals surface area contributed by atoms with E-state index in [0.29, 0.717) is 30.7 Å². The van der Waals surface area contributed by atoms with Crippen molar-refractivity contribution in [2.75, 3.05) is 60.5 Å². The molecular weight excluding hydrogens is 809 g/mol. The number of aryl methyl sites for hydroxylation is 1. The molecule has 6 aromatic rings. The molecule has 332 valence electrons. The van der Waals surface area contributed by atoms with Crippen LogP contribution in [0.4, 0.5) is 22.0 Å². The lowest BCUT2D eigenvalue weighted by atomic mass is 9.95. The van der Waals surface area contributed by atoms with Crippen LogP contribution in [0.5, 0.6) is 0 Å². The highest BCUT2D eigenvalue weighted by molar-refractivity contribution is 6.05. The predicted molar refractivity (Wildman–Crippen MR) is 246 cm³/mol. The van der Waals surface area contributed by atoms with Crippen molar-refractivity contribution in [3.8, 4) is 22.5 Å². The van der Waals surface area contributed by atoms with E-state index in [1.165, 1.54) is 5.69 Å². The van der Waals surface area contributed by atoms with Gasteiger partial charge in [0.25, 0.3) is 0 Å². The fourth-order valence-electron chi connectivity index (χ4n) is 9.24. The first-order valence-electron chi connectivity index (χ1n) is 22.3. The molecule has 64 heavy (non-hydrogen) atoms. The van der Waals surface area contributed by atoms with Crippen molar-refractivity contribution in [3.05, 3.63) is 96.0 Å². The Morgan fingerprint density at radius 3 is 2.38 bits per heavy atom. The second kappa shape index (κ2) is 17.5. The van der Waals surface area contributed by atoms with Crippen molar-refractivity contribution >= 4 is 46.1 Å².